The number of hydrogen-bond acceptors (Lipinski definition) is 6. The van der Waals surface area contributed by atoms with E-state index >= 15 is 0 Å². The van der Waals surface area contributed by atoms with Crippen LogP contribution in [0.4, 0.5) is 15.8 Å². The van der Waals surface area contributed by atoms with Gasteiger partial charge in [0, 0.05) is 11.4 Å². The van der Waals surface area contributed by atoms with Crippen LogP contribution in [0.2, 0.25) is 0 Å². The van der Waals surface area contributed by atoms with Crippen LogP contribution in [0, 0.1) is 19.7 Å². The molecule has 0 spiro atoms. The highest BCUT2D eigenvalue weighted by molar-refractivity contribution is 7.19. The molecule has 0 aliphatic carbocycles. The lowest BCUT2D eigenvalue weighted by molar-refractivity contribution is 0.0988. The molecule has 0 bridgehead atoms. The summed E-state index contributed by atoms with van der Waals surface area (Å²) in [7, 11) is 0. The first-order valence-electron chi connectivity index (χ1n) is 9.17. The van der Waals surface area contributed by atoms with Crippen LogP contribution >= 0.6 is 11.3 Å². The van der Waals surface area contributed by atoms with Crippen molar-refractivity contribution in [1.29, 1.82) is 0 Å². The number of amides is 2. The summed E-state index contributed by atoms with van der Waals surface area (Å²) in [6, 6.07) is 12.3. The van der Waals surface area contributed by atoms with Gasteiger partial charge in [-0.25, -0.2) is 4.39 Å². The number of fused-ring (bicyclic) bond motifs is 1. The third-order valence-corrected chi connectivity index (χ3v) is 5.42. The van der Waals surface area contributed by atoms with Gasteiger partial charge in [-0.2, -0.15) is 14.6 Å². The zero-order valence-electron chi connectivity index (χ0n) is 16.5. The Labute approximate surface area is 179 Å². The van der Waals surface area contributed by atoms with Crippen molar-refractivity contribution in [3.63, 3.8) is 0 Å². The molecule has 2 N–H and O–H groups in total. The van der Waals surface area contributed by atoms with Crippen LogP contribution in [0.15, 0.2) is 53.3 Å². The number of aromatic nitrogens is 3. The van der Waals surface area contributed by atoms with Gasteiger partial charge in [0.2, 0.25) is 4.96 Å². The first-order valence-corrected chi connectivity index (χ1v) is 9.99. The number of halogens is 1. The SMILES string of the molecule is Cc1ccc(NC(=O)c2sc3nc(=O)c(C)nn3c2C(=O)Nc2ccc(F)cc2)cc1. The summed E-state index contributed by atoms with van der Waals surface area (Å²) < 4.78 is 14.3. The fourth-order valence-electron chi connectivity index (χ4n) is 2.80. The lowest BCUT2D eigenvalue weighted by Gasteiger charge is -2.08. The molecule has 4 rings (SSSR count). The molecule has 0 fully saturated rings. The number of anilines is 2. The summed E-state index contributed by atoms with van der Waals surface area (Å²) in [6.45, 7) is 3.39. The van der Waals surface area contributed by atoms with Crippen molar-refractivity contribution < 1.29 is 14.0 Å². The van der Waals surface area contributed by atoms with Gasteiger partial charge < -0.3 is 10.6 Å². The molecule has 4 aromatic rings. The van der Waals surface area contributed by atoms with E-state index in [2.05, 4.69) is 20.7 Å². The second kappa shape index (κ2) is 8.07. The molecule has 2 aromatic carbocycles. The molecule has 0 radical (unpaired) electrons. The summed E-state index contributed by atoms with van der Waals surface area (Å²) >= 11 is 0.875. The monoisotopic (exact) mass is 437 g/mol. The van der Waals surface area contributed by atoms with Gasteiger partial charge in [0.1, 0.15) is 16.4 Å². The number of benzene rings is 2. The van der Waals surface area contributed by atoms with Gasteiger partial charge in [-0.3, -0.25) is 14.4 Å². The molecule has 2 aromatic heterocycles. The zero-order valence-corrected chi connectivity index (χ0v) is 17.3. The second-order valence-corrected chi connectivity index (χ2v) is 7.74. The van der Waals surface area contributed by atoms with Gasteiger partial charge in [0.25, 0.3) is 17.4 Å². The number of aryl methyl sites for hydroxylation is 2. The van der Waals surface area contributed by atoms with E-state index < -0.39 is 23.2 Å². The highest BCUT2D eigenvalue weighted by Gasteiger charge is 2.26. The third-order valence-electron chi connectivity index (χ3n) is 4.39. The second-order valence-electron chi connectivity index (χ2n) is 6.76. The average molecular weight is 437 g/mol. The minimum absolute atomic E-state index is 0.0326. The van der Waals surface area contributed by atoms with Gasteiger partial charge >= 0.3 is 0 Å². The van der Waals surface area contributed by atoms with E-state index in [-0.39, 0.29) is 21.2 Å². The Morgan fingerprint density at radius 3 is 2.16 bits per heavy atom. The highest BCUT2D eigenvalue weighted by atomic mass is 32.1. The van der Waals surface area contributed by atoms with E-state index in [1.54, 1.807) is 12.1 Å². The van der Waals surface area contributed by atoms with Crippen molar-refractivity contribution in [1.82, 2.24) is 14.6 Å². The van der Waals surface area contributed by atoms with Crippen molar-refractivity contribution in [3.05, 3.63) is 86.5 Å². The van der Waals surface area contributed by atoms with Gasteiger partial charge in [-0.05, 0) is 50.2 Å². The quantitative estimate of drug-likeness (QED) is 0.509. The fraction of sp³-hybridized carbons (Fsp3) is 0.0952. The molecular formula is C21H16FN5O3S. The first kappa shape index (κ1) is 20.4. The number of nitrogens with zero attached hydrogens (tertiary/aromatic N) is 3. The van der Waals surface area contributed by atoms with Crippen molar-refractivity contribution in [2.24, 2.45) is 0 Å². The van der Waals surface area contributed by atoms with Gasteiger partial charge in [-0.1, -0.05) is 29.0 Å². The van der Waals surface area contributed by atoms with Crippen LogP contribution in [0.25, 0.3) is 4.96 Å². The number of nitrogens with one attached hydrogen (secondary N) is 2. The molecule has 8 nitrogen and oxygen atoms in total. The topological polar surface area (TPSA) is 105 Å². The smallest absolute Gasteiger partial charge is 0.295 e. The number of carbonyl (C=O) groups excluding carboxylic acids is 2. The maximum Gasteiger partial charge on any atom is 0.295 e. The maximum atomic E-state index is 13.2. The minimum Gasteiger partial charge on any atom is -0.321 e. The molecule has 2 heterocycles. The summed E-state index contributed by atoms with van der Waals surface area (Å²) in [5.74, 6) is -1.64. The predicted molar refractivity (Wildman–Crippen MR) is 115 cm³/mol. The summed E-state index contributed by atoms with van der Waals surface area (Å²) in [5, 5.41) is 9.48. The molecule has 156 valence electrons. The largest absolute Gasteiger partial charge is 0.321 e. The minimum atomic E-state index is -0.649. The van der Waals surface area contributed by atoms with Gasteiger partial charge in [-0.15, -0.1) is 0 Å². The molecular weight excluding hydrogens is 421 g/mol. The van der Waals surface area contributed by atoms with Crippen LogP contribution < -0.4 is 16.2 Å². The van der Waals surface area contributed by atoms with E-state index in [9.17, 15) is 18.8 Å². The fourth-order valence-corrected chi connectivity index (χ4v) is 3.75. The van der Waals surface area contributed by atoms with Crippen molar-refractivity contribution in [3.8, 4) is 0 Å². The van der Waals surface area contributed by atoms with Crippen LogP contribution in [-0.2, 0) is 0 Å². The van der Waals surface area contributed by atoms with Crippen molar-refractivity contribution >= 4 is 39.5 Å². The van der Waals surface area contributed by atoms with Gasteiger partial charge in [0.15, 0.2) is 5.69 Å². The Kier molecular flexibility index (Phi) is 5.30. The lowest BCUT2D eigenvalue weighted by atomic mass is 10.2. The summed E-state index contributed by atoms with van der Waals surface area (Å²) in [4.78, 5) is 42.0. The zero-order chi connectivity index (χ0) is 22.1. The standard InChI is InChI=1S/C21H16FN5O3S/c1-11-3-7-14(8-4-11)24-20(30)17-16(19(29)23-15-9-5-13(22)6-10-15)27-21(31-17)25-18(28)12(2)26-27/h3-10H,1-2H3,(H,23,29)(H,24,30). The Bertz CT molecular complexity index is 1360. The number of hydrogen-bond donors (Lipinski definition) is 2. The first-order chi connectivity index (χ1) is 14.8. The number of thiazole rings is 1. The van der Waals surface area contributed by atoms with E-state index in [0.717, 1.165) is 16.9 Å². The van der Waals surface area contributed by atoms with Crippen LogP contribution in [0.3, 0.4) is 0 Å². The summed E-state index contributed by atoms with van der Waals surface area (Å²) in [6.07, 6.45) is 0. The average Bonchev–Trinajstić information content (AvgIpc) is 3.10. The van der Waals surface area contributed by atoms with E-state index in [4.69, 9.17) is 0 Å². The number of rotatable bonds is 4. The molecule has 0 atom stereocenters. The number of carbonyl (C=O) groups is 2. The maximum absolute atomic E-state index is 13.2. The molecule has 10 heteroatoms. The van der Waals surface area contributed by atoms with Crippen molar-refractivity contribution in [2.45, 2.75) is 13.8 Å². The third kappa shape index (κ3) is 4.19. The van der Waals surface area contributed by atoms with Crippen LogP contribution in [0.5, 0.6) is 0 Å². The van der Waals surface area contributed by atoms with Crippen LogP contribution in [0.1, 0.15) is 31.4 Å². The Morgan fingerprint density at radius 1 is 0.935 bits per heavy atom. The predicted octanol–water partition coefficient (Wildman–Crippen LogP) is 3.41. The van der Waals surface area contributed by atoms with E-state index in [1.807, 2.05) is 19.1 Å². The molecule has 0 saturated carbocycles. The van der Waals surface area contributed by atoms with Crippen LogP contribution in [-0.4, -0.2) is 26.4 Å². The molecule has 0 unspecified atom stereocenters. The van der Waals surface area contributed by atoms with Gasteiger partial charge in [0.05, 0.1) is 0 Å². The Hall–Kier alpha value is -3.92. The molecule has 0 saturated heterocycles. The normalized spacial score (nSPS) is 10.8. The van der Waals surface area contributed by atoms with E-state index in [1.165, 1.54) is 35.7 Å². The highest BCUT2D eigenvalue weighted by Crippen LogP contribution is 2.24. The van der Waals surface area contributed by atoms with E-state index in [0.29, 0.717) is 11.4 Å². The molecule has 0 aliphatic heterocycles. The summed E-state index contributed by atoms with van der Waals surface area (Å²) in [5.41, 5.74) is 1.37. The Morgan fingerprint density at radius 2 is 1.52 bits per heavy atom. The van der Waals surface area contributed by atoms with Crippen molar-refractivity contribution in [2.75, 3.05) is 10.6 Å². The lowest BCUT2D eigenvalue weighted by Crippen LogP contribution is -2.23. The molecule has 0 aliphatic rings. The molecule has 31 heavy (non-hydrogen) atoms. The molecule has 2 amide bonds. The Balaban J connectivity index is 1.77.